The fraction of sp³-hybridized carbons (Fsp3) is 0.658. The Morgan fingerprint density at radius 1 is 1.13 bits per heavy atom. The number of carbonyl (C=O) groups is 3. The van der Waals surface area contributed by atoms with Gasteiger partial charge in [0, 0.05) is 43.2 Å². The Hall–Kier alpha value is -2.96. The van der Waals surface area contributed by atoms with Crippen molar-refractivity contribution in [3.8, 4) is 17.6 Å². The minimum Gasteiger partial charge on any atom is -0.489 e. The first-order valence-electron chi connectivity index (χ1n) is 17.6. The van der Waals surface area contributed by atoms with E-state index >= 15 is 0 Å². The lowest BCUT2D eigenvalue weighted by atomic mass is 9.78. The van der Waals surface area contributed by atoms with Crippen molar-refractivity contribution in [2.24, 2.45) is 23.7 Å². The molecule has 1 aromatic carbocycles. The second kappa shape index (κ2) is 18.5. The summed E-state index contributed by atoms with van der Waals surface area (Å²) in [6, 6.07) is 6.01. The summed E-state index contributed by atoms with van der Waals surface area (Å²) < 4.78 is 12.8. The first kappa shape index (κ1) is 36.9. The van der Waals surface area contributed by atoms with Crippen LogP contribution in [0.2, 0.25) is 0 Å². The number of hydrogen-bond donors (Lipinski definition) is 4. The van der Waals surface area contributed by atoms with Gasteiger partial charge in [0.2, 0.25) is 5.91 Å². The second-order valence-corrected chi connectivity index (χ2v) is 13.9. The van der Waals surface area contributed by atoms with Crippen molar-refractivity contribution in [2.45, 2.75) is 122 Å². The number of ether oxygens (including phenoxy) is 2. The molecular weight excluding hydrogens is 614 g/mol. The first-order chi connectivity index (χ1) is 22.7. The zero-order chi connectivity index (χ0) is 33.8. The van der Waals surface area contributed by atoms with E-state index in [1.807, 2.05) is 31.2 Å². The van der Waals surface area contributed by atoms with Crippen LogP contribution in [-0.2, 0) is 25.5 Å². The minimum absolute atomic E-state index is 0.0550. The van der Waals surface area contributed by atoms with E-state index < -0.39 is 30.0 Å². The van der Waals surface area contributed by atoms with E-state index in [4.69, 9.17) is 14.6 Å². The maximum absolute atomic E-state index is 13.8. The van der Waals surface area contributed by atoms with Gasteiger partial charge < -0.3 is 25.0 Å². The number of aliphatic hydroxyl groups is 1. The van der Waals surface area contributed by atoms with E-state index in [9.17, 15) is 19.5 Å². The van der Waals surface area contributed by atoms with Crippen molar-refractivity contribution in [3.05, 3.63) is 41.5 Å². The van der Waals surface area contributed by atoms with E-state index in [-0.39, 0.29) is 42.2 Å². The smallest absolute Gasteiger partial charge is 0.310 e. The summed E-state index contributed by atoms with van der Waals surface area (Å²) in [6.45, 7) is 4.36. The highest BCUT2D eigenvalue weighted by molar-refractivity contribution is 7.80. The number of benzene rings is 1. The fourth-order valence-electron chi connectivity index (χ4n) is 7.41. The van der Waals surface area contributed by atoms with Crippen LogP contribution in [0.5, 0.6) is 5.75 Å². The largest absolute Gasteiger partial charge is 0.489 e. The molecule has 0 unspecified atom stereocenters. The maximum atomic E-state index is 13.8. The van der Waals surface area contributed by atoms with Crippen LogP contribution in [0.3, 0.4) is 0 Å². The number of carboxylic acid groups (broad SMARTS) is 1. The highest BCUT2D eigenvalue weighted by Gasteiger charge is 2.52. The molecule has 0 bridgehead atoms. The average Bonchev–Trinajstić information content (AvgIpc) is 3.59. The van der Waals surface area contributed by atoms with Crippen LogP contribution in [0.15, 0.2) is 30.4 Å². The molecule has 0 saturated heterocycles. The number of hydrogen-bond acceptors (Lipinski definition) is 7. The zero-order valence-corrected chi connectivity index (χ0v) is 28.9. The highest BCUT2D eigenvalue weighted by atomic mass is 32.1. The Morgan fingerprint density at radius 2 is 1.89 bits per heavy atom. The number of carboxylic acids is 1. The molecule has 8 nitrogen and oxygen atoms in total. The molecule has 8 atom stereocenters. The summed E-state index contributed by atoms with van der Waals surface area (Å²) in [7, 11) is 0. The van der Waals surface area contributed by atoms with Crippen LogP contribution < -0.4 is 10.1 Å². The zero-order valence-electron chi connectivity index (χ0n) is 28.0. The van der Waals surface area contributed by atoms with Crippen molar-refractivity contribution >= 4 is 30.5 Å². The Labute approximate surface area is 285 Å². The van der Waals surface area contributed by atoms with Crippen molar-refractivity contribution in [1.29, 1.82) is 0 Å². The third kappa shape index (κ3) is 10.0. The summed E-state index contributed by atoms with van der Waals surface area (Å²) in [6.07, 6.45) is 11.9. The third-order valence-corrected chi connectivity index (χ3v) is 10.4. The SMILES string of the molecule is CC#CC[C@H](C)[C@H](O)C=C[C@@H]1[C@H]2c3cccc(CCCC(=O)O)c3O[C@H]2C[C@H]1OC(=O)[C@@H]1CCCC[C@@H]1C(=O)NCCCCCCS. The van der Waals surface area contributed by atoms with Gasteiger partial charge in [0.25, 0.3) is 0 Å². The second-order valence-electron chi connectivity index (χ2n) is 13.5. The predicted octanol–water partition coefficient (Wildman–Crippen LogP) is 6.25. The van der Waals surface area contributed by atoms with Crippen LogP contribution >= 0.6 is 12.6 Å². The molecular formula is C38H53NO7S. The van der Waals surface area contributed by atoms with Gasteiger partial charge in [-0.1, -0.05) is 63.0 Å². The number of thiol groups is 1. The topological polar surface area (TPSA) is 122 Å². The summed E-state index contributed by atoms with van der Waals surface area (Å²) in [4.78, 5) is 38.2. The molecule has 2 aliphatic carbocycles. The summed E-state index contributed by atoms with van der Waals surface area (Å²) in [5, 5.41) is 23.1. The number of unbranched alkanes of at least 4 members (excludes halogenated alkanes) is 3. The van der Waals surface area contributed by atoms with E-state index in [2.05, 4.69) is 29.8 Å². The first-order valence-corrected chi connectivity index (χ1v) is 18.2. The molecule has 2 saturated carbocycles. The fourth-order valence-corrected chi connectivity index (χ4v) is 7.64. The van der Waals surface area contributed by atoms with Gasteiger partial charge in [-0.15, -0.1) is 11.8 Å². The maximum Gasteiger partial charge on any atom is 0.310 e. The Morgan fingerprint density at radius 3 is 2.64 bits per heavy atom. The molecule has 0 aromatic heterocycles. The van der Waals surface area contributed by atoms with E-state index in [1.54, 1.807) is 13.0 Å². The number of carbonyl (C=O) groups excluding carboxylic acids is 2. The molecule has 4 rings (SSSR count). The molecule has 9 heteroatoms. The quantitative estimate of drug-likeness (QED) is 0.0510. The lowest BCUT2D eigenvalue weighted by Gasteiger charge is -2.31. The lowest BCUT2D eigenvalue weighted by Crippen LogP contribution is -2.41. The number of fused-ring (bicyclic) bond motifs is 3. The number of aryl methyl sites for hydroxylation is 1. The Bertz CT molecular complexity index is 1300. The highest BCUT2D eigenvalue weighted by Crippen LogP contribution is 2.53. The summed E-state index contributed by atoms with van der Waals surface area (Å²) in [5.41, 5.74) is 2.01. The van der Waals surface area contributed by atoms with Crippen LogP contribution in [0.25, 0.3) is 0 Å². The lowest BCUT2D eigenvalue weighted by molar-refractivity contribution is -0.161. The van der Waals surface area contributed by atoms with Gasteiger partial charge in [0.1, 0.15) is 18.0 Å². The minimum atomic E-state index is -0.819. The molecule has 1 amide bonds. The number of aliphatic hydroxyl groups excluding tert-OH is 1. The molecule has 1 aromatic rings. The Kier molecular flexibility index (Phi) is 14.5. The van der Waals surface area contributed by atoms with E-state index in [0.29, 0.717) is 45.1 Å². The number of para-hydroxylation sites is 1. The van der Waals surface area contributed by atoms with Gasteiger partial charge in [0.05, 0.1) is 17.9 Å². The van der Waals surface area contributed by atoms with Gasteiger partial charge in [-0.25, -0.2) is 0 Å². The molecule has 1 heterocycles. The molecule has 47 heavy (non-hydrogen) atoms. The molecule has 0 radical (unpaired) electrons. The van der Waals surface area contributed by atoms with Crippen molar-refractivity contribution < 1.29 is 34.1 Å². The standard InChI is InChI=1S/C38H53NO7S/c1-3-4-13-25(2)31(40)21-20-29-32(24-33-35(29)30-18-11-14-26(36(30)45-33)15-12-19-34(41)42)46-38(44)28-17-8-7-16-27(28)37(43)39-22-9-5-6-10-23-47/h11,14,18,20-21,25,27-29,31-33,35,40,47H,5-10,12-13,15-17,19,22-24H2,1-2H3,(H,39,43)(H,41,42)/t25-,27-,28+,29-,31+,32+,33-,35-/m0/s1. The number of nitrogens with one attached hydrogen (secondary N) is 1. The number of aliphatic carboxylic acids is 1. The number of esters is 1. The van der Waals surface area contributed by atoms with Crippen LogP contribution in [0, 0.1) is 35.5 Å². The van der Waals surface area contributed by atoms with Gasteiger partial charge in [0.15, 0.2) is 0 Å². The summed E-state index contributed by atoms with van der Waals surface area (Å²) >= 11 is 4.26. The van der Waals surface area contributed by atoms with Crippen molar-refractivity contribution in [2.75, 3.05) is 12.3 Å². The molecule has 1 aliphatic heterocycles. The number of rotatable bonds is 17. The van der Waals surface area contributed by atoms with Crippen LogP contribution in [-0.4, -0.2) is 58.7 Å². The third-order valence-electron chi connectivity index (χ3n) is 10.1. The van der Waals surface area contributed by atoms with Crippen LogP contribution in [0.1, 0.15) is 108 Å². The van der Waals surface area contributed by atoms with Gasteiger partial charge in [-0.3, -0.25) is 14.4 Å². The summed E-state index contributed by atoms with van der Waals surface area (Å²) in [5.74, 6) is 5.17. The molecule has 0 spiro atoms. The van der Waals surface area contributed by atoms with Crippen LogP contribution in [0.4, 0.5) is 0 Å². The van der Waals surface area contributed by atoms with Gasteiger partial charge in [-0.05, 0) is 62.7 Å². The van der Waals surface area contributed by atoms with Crippen molar-refractivity contribution in [1.82, 2.24) is 5.32 Å². The van der Waals surface area contributed by atoms with Gasteiger partial charge >= 0.3 is 11.9 Å². The normalized spacial score (nSPS) is 26.0. The molecule has 2 fully saturated rings. The predicted molar refractivity (Wildman–Crippen MR) is 185 cm³/mol. The molecule has 3 aliphatic rings. The van der Waals surface area contributed by atoms with E-state index in [0.717, 1.165) is 61.2 Å². The average molecular weight is 668 g/mol. The monoisotopic (exact) mass is 667 g/mol. The molecule has 3 N–H and O–H groups in total. The molecule has 258 valence electrons. The number of amides is 1. The van der Waals surface area contributed by atoms with Crippen molar-refractivity contribution in [3.63, 3.8) is 0 Å². The van der Waals surface area contributed by atoms with E-state index in [1.165, 1.54) is 0 Å². The van der Waals surface area contributed by atoms with Gasteiger partial charge in [-0.2, -0.15) is 12.6 Å². The Balaban J connectivity index is 1.50.